The summed E-state index contributed by atoms with van der Waals surface area (Å²) in [6.07, 6.45) is 0. The van der Waals surface area contributed by atoms with Gasteiger partial charge in [0.15, 0.2) is 0 Å². The van der Waals surface area contributed by atoms with Crippen LogP contribution in [0.25, 0.3) is 0 Å². The molecule has 0 aromatic rings. The van der Waals surface area contributed by atoms with Gasteiger partial charge in [0.25, 0.3) is 0 Å². The molecule has 0 aliphatic rings. The van der Waals surface area contributed by atoms with Crippen LogP contribution in [0.3, 0.4) is 0 Å². The number of amides is 1. The second kappa shape index (κ2) is 3.34. The Morgan fingerprint density at radius 3 is 2.09 bits per heavy atom. The number of esters is 1. The topological polar surface area (TPSA) is 81.4 Å². The second-order valence-corrected chi connectivity index (χ2v) is 2.98. The zero-order chi connectivity index (χ0) is 9.07. The Hall–Kier alpha value is -1.10. The lowest BCUT2D eigenvalue weighted by atomic mass is 10.2. The van der Waals surface area contributed by atoms with E-state index in [1.54, 1.807) is 26.2 Å². The number of carbonyl (C=O) groups is 2. The molecule has 64 valence electrons. The van der Waals surface area contributed by atoms with Gasteiger partial charge in [-0.2, -0.15) is 0 Å². The maximum absolute atomic E-state index is 10.7. The molecule has 0 atom stereocenters. The van der Waals surface area contributed by atoms with Gasteiger partial charge in [-0.05, 0) is 20.8 Å². The van der Waals surface area contributed by atoms with Crippen molar-refractivity contribution >= 4 is 11.9 Å². The molecule has 0 radical (unpaired) electrons. The van der Waals surface area contributed by atoms with Crippen molar-refractivity contribution < 1.29 is 14.3 Å². The summed E-state index contributed by atoms with van der Waals surface area (Å²) in [5.41, 5.74) is 1.01. The van der Waals surface area contributed by atoms with Crippen LogP contribution in [0.5, 0.6) is 0 Å². The van der Waals surface area contributed by atoms with Crippen LogP contribution >= 0.6 is 0 Å². The first-order valence-corrected chi connectivity index (χ1v) is 3.11. The molecule has 5 heteroatoms. The SMILES string of the molecule is CC(C)(C)OC(=O)C(=O)NN. The lowest BCUT2D eigenvalue weighted by Gasteiger charge is -2.18. The minimum absolute atomic E-state index is 0.663. The van der Waals surface area contributed by atoms with Gasteiger partial charge in [0.2, 0.25) is 0 Å². The van der Waals surface area contributed by atoms with Gasteiger partial charge in [0, 0.05) is 0 Å². The first-order chi connectivity index (χ1) is 4.87. The Morgan fingerprint density at radius 2 is 1.82 bits per heavy atom. The number of hydrogen-bond donors (Lipinski definition) is 2. The summed E-state index contributed by atoms with van der Waals surface area (Å²) in [6.45, 7) is 4.98. The largest absolute Gasteiger partial charge is 0.453 e. The zero-order valence-corrected chi connectivity index (χ0v) is 6.80. The van der Waals surface area contributed by atoms with E-state index in [-0.39, 0.29) is 0 Å². The Kier molecular flexibility index (Phi) is 3.00. The average Bonchev–Trinajstić information content (AvgIpc) is 1.82. The van der Waals surface area contributed by atoms with Crippen molar-refractivity contribution in [3.8, 4) is 0 Å². The van der Waals surface area contributed by atoms with Gasteiger partial charge in [-0.15, -0.1) is 0 Å². The molecule has 0 fully saturated rings. The lowest BCUT2D eigenvalue weighted by Crippen LogP contribution is -2.40. The molecule has 0 saturated heterocycles. The highest BCUT2D eigenvalue weighted by Crippen LogP contribution is 2.06. The summed E-state index contributed by atoms with van der Waals surface area (Å²) in [7, 11) is 0. The summed E-state index contributed by atoms with van der Waals surface area (Å²) in [4.78, 5) is 21.2. The first-order valence-electron chi connectivity index (χ1n) is 3.11. The lowest BCUT2D eigenvalue weighted by molar-refractivity contribution is -0.163. The highest BCUT2D eigenvalue weighted by atomic mass is 16.6. The molecule has 0 aliphatic heterocycles. The Balaban J connectivity index is 3.99. The fraction of sp³-hybridized carbons (Fsp3) is 0.667. The minimum atomic E-state index is -0.972. The molecule has 0 saturated carbocycles. The van der Waals surface area contributed by atoms with E-state index in [1.807, 2.05) is 0 Å². The average molecular weight is 160 g/mol. The highest BCUT2D eigenvalue weighted by Gasteiger charge is 2.21. The number of nitrogens with two attached hydrogens (primary N) is 1. The van der Waals surface area contributed by atoms with Crippen LogP contribution in [0.15, 0.2) is 0 Å². The van der Waals surface area contributed by atoms with E-state index >= 15 is 0 Å². The highest BCUT2D eigenvalue weighted by molar-refractivity contribution is 6.32. The number of nitrogens with one attached hydrogen (secondary N) is 1. The van der Waals surface area contributed by atoms with Crippen LogP contribution in [0, 0.1) is 0 Å². The van der Waals surface area contributed by atoms with Gasteiger partial charge in [0.05, 0.1) is 0 Å². The molecule has 0 heterocycles. The monoisotopic (exact) mass is 160 g/mol. The van der Waals surface area contributed by atoms with Gasteiger partial charge in [-0.1, -0.05) is 0 Å². The Labute approximate surface area is 64.9 Å². The van der Waals surface area contributed by atoms with Crippen molar-refractivity contribution in [2.24, 2.45) is 5.84 Å². The molecular formula is C6H12N2O3. The third-order valence-electron chi connectivity index (χ3n) is 0.715. The van der Waals surface area contributed by atoms with E-state index in [9.17, 15) is 9.59 Å². The molecule has 0 unspecified atom stereocenters. The predicted molar refractivity (Wildman–Crippen MR) is 38.2 cm³/mol. The van der Waals surface area contributed by atoms with Crippen LogP contribution in [-0.2, 0) is 14.3 Å². The third kappa shape index (κ3) is 4.32. The molecule has 0 aromatic carbocycles. The van der Waals surface area contributed by atoms with Crippen LogP contribution in [-0.4, -0.2) is 17.5 Å². The van der Waals surface area contributed by atoms with E-state index < -0.39 is 17.5 Å². The van der Waals surface area contributed by atoms with E-state index in [0.29, 0.717) is 0 Å². The molecule has 0 spiro atoms. The Bertz CT molecular complexity index is 171. The smallest absolute Gasteiger partial charge is 0.398 e. The molecule has 1 amide bonds. The first kappa shape index (κ1) is 9.90. The van der Waals surface area contributed by atoms with Crippen molar-refractivity contribution in [2.75, 3.05) is 0 Å². The second-order valence-electron chi connectivity index (χ2n) is 2.98. The van der Waals surface area contributed by atoms with Crippen LogP contribution in [0.1, 0.15) is 20.8 Å². The van der Waals surface area contributed by atoms with E-state index in [0.717, 1.165) is 0 Å². The van der Waals surface area contributed by atoms with Gasteiger partial charge >= 0.3 is 11.9 Å². The summed E-state index contributed by atoms with van der Waals surface area (Å²) in [5, 5.41) is 0. The number of rotatable bonds is 0. The standard InChI is InChI=1S/C6H12N2O3/c1-6(2,3)11-5(10)4(9)8-7/h7H2,1-3H3,(H,8,9). The Morgan fingerprint density at radius 1 is 1.36 bits per heavy atom. The molecular weight excluding hydrogens is 148 g/mol. The molecule has 0 aliphatic carbocycles. The van der Waals surface area contributed by atoms with Crippen LogP contribution < -0.4 is 11.3 Å². The molecule has 0 rings (SSSR count). The predicted octanol–water partition coefficient (Wildman–Crippen LogP) is -0.682. The molecule has 0 aromatic heterocycles. The number of hydrazine groups is 1. The van der Waals surface area contributed by atoms with Crippen molar-refractivity contribution in [2.45, 2.75) is 26.4 Å². The van der Waals surface area contributed by atoms with Crippen LogP contribution in [0.2, 0.25) is 0 Å². The molecule has 0 bridgehead atoms. The summed E-state index contributed by atoms with van der Waals surface area (Å²) >= 11 is 0. The summed E-state index contributed by atoms with van der Waals surface area (Å²) in [5.74, 6) is 2.77. The fourth-order valence-electron chi connectivity index (χ4n) is 0.383. The number of ether oxygens (including phenoxy) is 1. The molecule has 5 nitrogen and oxygen atoms in total. The van der Waals surface area contributed by atoms with Crippen LogP contribution in [0.4, 0.5) is 0 Å². The normalized spacial score (nSPS) is 10.5. The van der Waals surface area contributed by atoms with Gasteiger partial charge in [0.1, 0.15) is 5.60 Å². The summed E-state index contributed by atoms with van der Waals surface area (Å²) in [6, 6.07) is 0. The third-order valence-corrected chi connectivity index (χ3v) is 0.715. The van der Waals surface area contributed by atoms with E-state index in [2.05, 4.69) is 4.74 Å². The maximum Gasteiger partial charge on any atom is 0.398 e. The fourth-order valence-corrected chi connectivity index (χ4v) is 0.383. The van der Waals surface area contributed by atoms with E-state index in [4.69, 9.17) is 5.84 Å². The van der Waals surface area contributed by atoms with E-state index in [1.165, 1.54) is 0 Å². The van der Waals surface area contributed by atoms with Crippen molar-refractivity contribution in [3.63, 3.8) is 0 Å². The zero-order valence-electron chi connectivity index (χ0n) is 6.80. The maximum atomic E-state index is 10.7. The minimum Gasteiger partial charge on any atom is -0.453 e. The van der Waals surface area contributed by atoms with Gasteiger partial charge < -0.3 is 4.74 Å². The van der Waals surface area contributed by atoms with Gasteiger partial charge in [-0.25, -0.2) is 10.6 Å². The molecule has 3 N–H and O–H groups in total. The molecule has 11 heavy (non-hydrogen) atoms. The van der Waals surface area contributed by atoms with Crippen molar-refractivity contribution in [1.82, 2.24) is 5.43 Å². The van der Waals surface area contributed by atoms with Gasteiger partial charge in [-0.3, -0.25) is 10.2 Å². The number of carbonyl (C=O) groups excluding carboxylic acids is 2. The summed E-state index contributed by atoms with van der Waals surface area (Å²) < 4.78 is 4.66. The van der Waals surface area contributed by atoms with Crippen molar-refractivity contribution in [3.05, 3.63) is 0 Å². The van der Waals surface area contributed by atoms with Crippen molar-refractivity contribution in [1.29, 1.82) is 0 Å². The quantitative estimate of drug-likeness (QED) is 0.162. The number of hydrogen-bond acceptors (Lipinski definition) is 4.